The van der Waals surface area contributed by atoms with Gasteiger partial charge in [0.25, 0.3) is 5.56 Å². The van der Waals surface area contributed by atoms with Crippen molar-refractivity contribution in [3.63, 3.8) is 0 Å². The lowest BCUT2D eigenvalue weighted by atomic mass is 9.88. The van der Waals surface area contributed by atoms with Crippen LogP contribution < -0.4 is 5.56 Å². The highest BCUT2D eigenvalue weighted by Gasteiger charge is 2.27. The lowest BCUT2D eigenvalue weighted by Crippen LogP contribution is -2.32. The first-order valence-electron chi connectivity index (χ1n) is 7.77. The number of Topliss-reactive ketones (excluding diaryl/α,β-unsaturated/α-hetero) is 1. The third-order valence-corrected chi connectivity index (χ3v) is 3.92. The number of ether oxygens (including phenoxy) is 1. The molecule has 0 amide bonds. The van der Waals surface area contributed by atoms with Gasteiger partial charge in [0.1, 0.15) is 11.3 Å². The summed E-state index contributed by atoms with van der Waals surface area (Å²) in [6, 6.07) is 8.03. The fourth-order valence-electron chi connectivity index (χ4n) is 2.10. The van der Waals surface area contributed by atoms with Gasteiger partial charge in [-0.3, -0.25) is 9.59 Å². The van der Waals surface area contributed by atoms with Gasteiger partial charge >= 0.3 is 5.97 Å². The van der Waals surface area contributed by atoms with E-state index in [0.717, 1.165) is 9.15 Å². The molecule has 0 saturated heterocycles. The van der Waals surface area contributed by atoms with Gasteiger partial charge in [-0.1, -0.05) is 36.7 Å². The van der Waals surface area contributed by atoms with Crippen LogP contribution in [0.1, 0.15) is 48.5 Å². The summed E-state index contributed by atoms with van der Waals surface area (Å²) in [5, 5.41) is 4.17. The number of hydrogen-bond donors (Lipinski definition) is 0. The number of rotatable bonds is 4. The van der Waals surface area contributed by atoms with E-state index in [1.54, 1.807) is 52.0 Å². The molecule has 0 aliphatic carbocycles. The molecule has 2 aromatic rings. The molecule has 0 N–H and O–H groups in total. The second-order valence-electron chi connectivity index (χ2n) is 6.44. The van der Waals surface area contributed by atoms with Crippen molar-refractivity contribution in [1.82, 2.24) is 9.78 Å². The van der Waals surface area contributed by atoms with E-state index >= 15 is 0 Å². The summed E-state index contributed by atoms with van der Waals surface area (Å²) in [6.45, 7) is 7.01. The zero-order chi connectivity index (χ0) is 18.8. The number of nitrogens with zero attached hydrogens (tertiary/aromatic N) is 2. The van der Waals surface area contributed by atoms with Gasteiger partial charge in [0.05, 0.1) is 12.3 Å². The summed E-state index contributed by atoms with van der Waals surface area (Å²) < 4.78 is 6.82. The van der Waals surface area contributed by atoms with Crippen molar-refractivity contribution in [2.24, 2.45) is 5.41 Å². The number of hydrogen-bond acceptors (Lipinski definition) is 5. The molecule has 7 heteroatoms. The van der Waals surface area contributed by atoms with Crippen LogP contribution in [-0.2, 0) is 4.74 Å². The Morgan fingerprint density at radius 1 is 1.20 bits per heavy atom. The maximum atomic E-state index is 12.7. The van der Waals surface area contributed by atoms with E-state index in [-0.39, 0.29) is 23.6 Å². The van der Waals surface area contributed by atoms with Crippen LogP contribution in [0.2, 0.25) is 0 Å². The number of halogens is 1. The van der Waals surface area contributed by atoms with Crippen molar-refractivity contribution in [1.29, 1.82) is 0 Å². The zero-order valence-electron chi connectivity index (χ0n) is 14.5. The topological polar surface area (TPSA) is 78.3 Å². The predicted molar refractivity (Wildman–Crippen MR) is 97.3 cm³/mol. The minimum absolute atomic E-state index is 0.0399. The van der Waals surface area contributed by atoms with Gasteiger partial charge in [-0.25, -0.2) is 4.79 Å². The van der Waals surface area contributed by atoms with Crippen molar-refractivity contribution < 1.29 is 14.3 Å². The molecule has 1 aromatic carbocycles. The van der Waals surface area contributed by atoms with E-state index in [0.29, 0.717) is 5.69 Å². The Morgan fingerprint density at radius 3 is 2.32 bits per heavy atom. The lowest BCUT2D eigenvalue weighted by Gasteiger charge is -2.17. The van der Waals surface area contributed by atoms with Crippen molar-refractivity contribution in [2.45, 2.75) is 27.7 Å². The SMILES string of the molecule is CCOC(=O)c1cc(C(=O)C(C)(C)C)nn(-c2ccc(Br)cc2)c1=O. The monoisotopic (exact) mass is 406 g/mol. The Balaban J connectivity index is 2.71. The van der Waals surface area contributed by atoms with Gasteiger partial charge in [-0.2, -0.15) is 9.78 Å². The molecular formula is C18H19BrN2O4. The van der Waals surface area contributed by atoms with E-state index in [1.165, 1.54) is 6.07 Å². The Kier molecular flexibility index (Phi) is 5.57. The molecule has 0 unspecified atom stereocenters. The average Bonchev–Trinajstić information content (AvgIpc) is 2.54. The van der Waals surface area contributed by atoms with Crippen LogP contribution in [0.4, 0.5) is 0 Å². The van der Waals surface area contributed by atoms with Crippen molar-refractivity contribution in [3.05, 3.63) is 56.4 Å². The number of ketones is 1. The number of benzene rings is 1. The fraction of sp³-hybridized carbons (Fsp3) is 0.333. The minimum atomic E-state index is -0.774. The molecule has 132 valence electrons. The maximum absolute atomic E-state index is 12.7. The van der Waals surface area contributed by atoms with Crippen molar-refractivity contribution >= 4 is 27.7 Å². The van der Waals surface area contributed by atoms with Crippen LogP contribution in [0.3, 0.4) is 0 Å². The minimum Gasteiger partial charge on any atom is -0.462 e. The lowest BCUT2D eigenvalue weighted by molar-refractivity contribution is 0.0523. The van der Waals surface area contributed by atoms with Gasteiger partial charge in [0, 0.05) is 9.89 Å². The van der Waals surface area contributed by atoms with E-state index in [2.05, 4.69) is 21.0 Å². The summed E-state index contributed by atoms with van der Waals surface area (Å²) in [6.07, 6.45) is 0. The van der Waals surface area contributed by atoms with Gasteiger partial charge < -0.3 is 4.74 Å². The van der Waals surface area contributed by atoms with Gasteiger partial charge in [-0.05, 0) is 37.3 Å². The first kappa shape index (κ1) is 19.1. The molecule has 1 aromatic heterocycles. The predicted octanol–water partition coefficient (Wildman–Crippen LogP) is 3.40. The van der Waals surface area contributed by atoms with Crippen molar-refractivity contribution in [2.75, 3.05) is 6.61 Å². The van der Waals surface area contributed by atoms with Crippen molar-refractivity contribution in [3.8, 4) is 5.69 Å². The molecule has 0 atom stereocenters. The van der Waals surface area contributed by atoms with Crippen LogP contribution in [0.5, 0.6) is 0 Å². The molecule has 0 saturated carbocycles. The Hall–Kier alpha value is -2.28. The van der Waals surface area contributed by atoms with E-state index in [1.807, 2.05) is 0 Å². The third-order valence-electron chi connectivity index (χ3n) is 3.39. The summed E-state index contributed by atoms with van der Waals surface area (Å²) in [5.41, 5.74) is -1.07. The Labute approximate surface area is 153 Å². The Bertz CT molecular complexity index is 864. The molecule has 0 bridgehead atoms. The second-order valence-corrected chi connectivity index (χ2v) is 7.35. The summed E-state index contributed by atoms with van der Waals surface area (Å²) in [7, 11) is 0. The van der Waals surface area contributed by atoms with E-state index in [4.69, 9.17) is 4.74 Å². The van der Waals surface area contributed by atoms with Crippen LogP contribution in [-0.4, -0.2) is 28.1 Å². The number of carbonyl (C=O) groups excluding carboxylic acids is 2. The van der Waals surface area contributed by atoms with Crippen LogP contribution >= 0.6 is 15.9 Å². The van der Waals surface area contributed by atoms with Gasteiger partial charge in [-0.15, -0.1) is 0 Å². The molecule has 0 aliphatic rings. The van der Waals surface area contributed by atoms with Crippen LogP contribution in [0.15, 0.2) is 39.6 Å². The van der Waals surface area contributed by atoms with Crippen LogP contribution in [0.25, 0.3) is 5.69 Å². The highest BCUT2D eigenvalue weighted by molar-refractivity contribution is 9.10. The number of aromatic nitrogens is 2. The third kappa shape index (κ3) is 4.22. The molecule has 2 rings (SSSR count). The molecule has 6 nitrogen and oxygen atoms in total. The summed E-state index contributed by atoms with van der Waals surface area (Å²) >= 11 is 3.32. The quantitative estimate of drug-likeness (QED) is 0.574. The normalized spacial score (nSPS) is 11.2. The molecule has 0 aliphatic heterocycles. The van der Waals surface area contributed by atoms with Crippen LogP contribution in [0, 0.1) is 5.41 Å². The van der Waals surface area contributed by atoms with E-state index < -0.39 is 16.9 Å². The first-order chi connectivity index (χ1) is 11.6. The first-order valence-corrected chi connectivity index (χ1v) is 8.56. The maximum Gasteiger partial charge on any atom is 0.343 e. The second kappa shape index (κ2) is 7.31. The molecule has 0 spiro atoms. The smallest absolute Gasteiger partial charge is 0.343 e. The zero-order valence-corrected chi connectivity index (χ0v) is 16.1. The van der Waals surface area contributed by atoms with Gasteiger partial charge in [0.15, 0.2) is 5.78 Å². The summed E-state index contributed by atoms with van der Waals surface area (Å²) in [5.74, 6) is -1.05. The highest BCUT2D eigenvalue weighted by Crippen LogP contribution is 2.20. The highest BCUT2D eigenvalue weighted by atomic mass is 79.9. The molecule has 0 fully saturated rings. The largest absolute Gasteiger partial charge is 0.462 e. The number of carbonyl (C=O) groups is 2. The average molecular weight is 407 g/mol. The summed E-state index contributed by atoms with van der Waals surface area (Å²) in [4.78, 5) is 37.4. The van der Waals surface area contributed by atoms with E-state index in [9.17, 15) is 14.4 Å². The van der Waals surface area contributed by atoms with Gasteiger partial charge in [0.2, 0.25) is 0 Å². The number of esters is 1. The standard InChI is InChI=1S/C18H19BrN2O4/c1-5-25-17(24)13-10-14(15(22)18(2,3)4)20-21(16(13)23)12-8-6-11(19)7-9-12/h6-10H,5H2,1-4H3. The molecule has 25 heavy (non-hydrogen) atoms. The fourth-order valence-corrected chi connectivity index (χ4v) is 2.37. The molecular weight excluding hydrogens is 388 g/mol. The molecule has 1 heterocycles. The Morgan fingerprint density at radius 2 is 1.80 bits per heavy atom. The molecule has 0 radical (unpaired) electrons.